The molecule has 0 amide bonds. The average Bonchev–Trinajstić information content (AvgIpc) is 2.48. The summed E-state index contributed by atoms with van der Waals surface area (Å²) < 4.78 is 5.15. The Hall–Kier alpha value is -2.07. The topological polar surface area (TPSA) is 51.4 Å². The molecule has 1 aromatic carbocycles. The van der Waals surface area contributed by atoms with Gasteiger partial charge in [0.2, 0.25) is 0 Å². The van der Waals surface area contributed by atoms with E-state index in [0.717, 1.165) is 23.7 Å². The Balaban J connectivity index is 2.04. The standard InChI is InChI=1S/C15H19N3O/c1-18(15-8-5-13(9-16)10-17-15)11-12-3-6-14(19-2)7-4-12/h3-8,10H,9,11,16H2,1-2H3. The molecule has 0 unspecified atom stereocenters. The van der Waals surface area contributed by atoms with E-state index in [9.17, 15) is 0 Å². The number of aromatic nitrogens is 1. The van der Waals surface area contributed by atoms with E-state index in [0.29, 0.717) is 6.54 Å². The van der Waals surface area contributed by atoms with Crippen LogP contribution in [0.3, 0.4) is 0 Å². The lowest BCUT2D eigenvalue weighted by Gasteiger charge is -2.18. The van der Waals surface area contributed by atoms with Gasteiger partial charge in [-0.2, -0.15) is 0 Å². The van der Waals surface area contributed by atoms with Crippen molar-refractivity contribution in [3.8, 4) is 5.75 Å². The zero-order chi connectivity index (χ0) is 13.7. The highest BCUT2D eigenvalue weighted by atomic mass is 16.5. The maximum atomic E-state index is 5.56. The minimum Gasteiger partial charge on any atom is -0.497 e. The number of ether oxygens (including phenoxy) is 1. The second-order valence-electron chi connectivity index (χ2n) is 4.43. The molecule has 0 saturated carbocycles. The number of hydrogen-bond donors (Lipinski definition) is 1. The highest BCUT2D eigenvalue weighted by molar-refractivity contribution is 5.40. The van der Waals surface area contributed by atoms with Gasteiger partial charge in [-0.15, -0.1) is 0 Å². The summed E-state index contributed by atoms with van der Waals surface area (Å²) in [4.78, 5) is 6.50. The summed E-state index contributed by atoms with van der Waals surface area (Å²) in [7, 11) is 3.69. The van der Waals surface area contributed by atoms with E-state index in [1.54, 1.807) is 7.11 Å². The zero-order valence-corrected chi connectivity index (χ0v) is 11.3. The van der Waals surface area contributed by atoms with Crippen LogP contribution in [0.4, 0.5) is 5.82 Å². The quantitative estimate of drug-likeness (QED) is 0.892. The molecule has 1 aromatic heterocycles. The van der Waals surface area contributed by atoms with Gasteiger partial charge in [0, 0.05) is 26.3 Å². The zero-order valence-electron chi connectivity index (χ0n) is 11.3. The first-order valence-electron chi connectivity index (χ1n) is 6.22. The first-order chi connectivity index (χ1) is 9.22. The lowest BCUT2D eigenvalue weighted by molar-refractivity contribution is 0.414. The molecule has 0 saturated heterocycles. The maximum Gasteiger partial charge on any atom is 0.128 e. The molecule has 100 valence electrons. The molecule has 0 fully saturated rings. The van der Waals surface area contributed by atoms with Crippen molar-refractivity contribution in [3.05, 3.63) is 53.7 Å². The summed E-state index contributed by atoms with van der Waals surface area (Å²) in [5, 5.41) is 0. The number of benzene rings is 1. The predicted molar refractivity (Wildman–Crippen MR) is 77.2 cm³/mol. The minimum absolute atomic E-state index is 0.523. The largest absolute Gasteiger partial charge is 0.497 e. The molecule has 19 heavy (non-hydrogen) atoms. The predicted octanol–water partition coefficient (Wildman–Crippen LogP) is 2.19. The van der Waals surface area contributed by atoms with E-state index < -0.39 is 0 Å². The number of rotatable bonds is 5. The lowest BCUT2D eigenvalue weighted by atomic mass is 10.2. The van der Waals surface area contributed by atoms with Crippen molar-refractivity contribution in [2.75, 3.05) is 19.1 Å². The molecule has 1 heterocycles. The van der Waals surface area contributed by atoms with Gasteiger partial charge in [-0.3, -0.25) is 0 Å². The minimum atomic E-state index is 0.523. The van der Waals surface area contributed by atoms with Crippen LogP contribution in [-0.4, -0.2) is 19.1 Å². The van der Waals surface area contributed by atoms with Crippen LogP contribution >= 0.6 is 0 Å². The summed E-state index contributed by atoms with van der Waals surface area (Å²) in [5.74, 6) is 1.81. The van der Waals surface area contributed by atoms with Crippen LogP contribution in [0.5, 0.6) is 5.75 Å². The van der Waals surface area contributed by atoms with Gasteiger partial charge in [0.25, 0.3) is 0 Å². The van der Waals surface area contributed by atoms with Crippen molar-refractivity contribution in [2.45, 2.75) is 13.1 Å². The molecule has 0 radical (unpaired) electrons. The summed E-state index contributed by atoms with van der Waals surface area (Å²) in [5.41, 5.74) is 7.82. The Bertz CT molecular complexity index is 508. The summed E-state index contributed by atoms with van der Waals surface area (Å²) in [6.45, 7) is 1.33. The fourth-order valence-corrected chi connectivity index (χ4v) is 1.85. The van der Waals surface area contributed by atoms with Crippen molar-refractivity contribution < 1.29 is 4.74 Å². The number of methoxy groups -OCH3 is 1. The van der Waals surface area contributed by atoms with E-state index >= 15 is 0 Å². The van der Waals surface area contributed by atoms with E-state index in [4.69, 9.17) is 10.5 Å². The Morgan fingerprint density at radius 1 is 1.11 bits per heavy atom. The second kappa shape index (κ2) is 6.20. The molecule has 2 N–H and O–H groups in total. The fourth-order valence-electron chi connectivity index (χ4n) is 1.85. The van der Waals surface area contributed by atoms with E-state index in [1.807, 2.05) is 37.5 Å². The van der Waals surface area contributed by atoms with Crippen molar-refractivity contribution in [3.63, 3.8) is 0 Å². The van der Waals surface area contributed by atoms with Crippen molar-refractivity contribution in [1.82, 2.24) is 4.98 Å². The number of anilines is 1. The third-order valence-electron chi connectivity index (χ3n) is 3.01. The summed E-state index contributed by atoms with van der Waals surface area (Å²) >= 11 is 0. The monoisotopic (exact) mass is 257 g/mol. The third kappa shape index (κ3) is 3.45. The summed E-state index contributed by atoms with van der Waals surface area (Å²) in [6, 6.07) is 12.0. The van der Waals surface area contributed by atoms with Gasteiger partial charge in [0.15, 0.2) is 0 Å². The molecule has 0 aliphatic carbocycles. The van der Waals surface area contributed by atoms with Gasteiger partial charge in [-0.25, -0.2) is 4.98 Å². The third-order valence-corrected chi connectivity index (χ3v) is 3.01. The molecule has 0 atom stereocenters. The van der Waals surface area contributed by atoms with Crippen LogP contribution in [0.15, 0.2) is 42.6 Å². The molecule has 0 aliphatic heterocycles. The number of pyridine rings is 1. The second-order valence-corrected chi connectivity index (χ2v) is 4.43. The smallest absolute Gasteiger partial charge is 0.128 e. The van der Waals surface area contributed by atoms with E-state index in [2.05, 4.69) is 22.0 Å². The van der Waals surface area contributed by atoms with Crippen molar-refractivity contribution in [1.29, 1.82) is 0 Å². The highest BCUT2D eigenvalue weighted by Gasteiger charge is 2.03. The summed E-state index contributed by atoms with van der Waals surface area (Å²) in [6.07, 6.45) is 1.82. The van der Waals surface area contributed by atoms with E-state index in [-0.39, 0.29) is 0 Å². The van der Waals surface area contributed by atoms with Crippen LogP contribution in [-0.2, 0) is 13.1 Å². The normalized spacial score (nSPS) is 10.3. The average molecular weight is 257 g/mol. The molecular weight excluding hydrogens is 238 g/mol. The first kappa shape index (κ1) is 13.4. The number of nitrogens with two attached hydrogens (primary N) is 1. The lowest BCUT2D eigenvalue weighted by Crippen LogP contribution is -2.17. The van der Waals surface area contributed by atoms with Crippen molar-refractivity contribution in [2.24, 2.45) is 5.73 Å². The Morgan fingerprint density at radius 3 is 2.32 bits per heavy atom. The molecule has 2 rings (SSSR count). The van der Waals surface area contributed by atoms with Gasteiger partial charge >= 0.3 is 0 Å². The SMILES string of the molecule is COc1ccc(CN(C)c2ccc(CN)cn2)cc1. The highest BCUT2D eigenvalue weighted by Crippen LogP contribution is 2.16. The molecule has 4 heteroatoms. The molecule has 0 spiro atoms. The molecular formula is C15H19N3O. The van der Waals surface area contributed by atoms with Crippen LogP contribution in [0.1, 0.15) is 11.1 Å². The maximum absolute atomic E-state index is 5.56. The van der Waals surface area contributed by atoms with Gasteiger partial charge in [-0.05, 0) is 29.3 Å². The van der Waals surface area contributed by atoms with Gasteiger partial charge < -0.3 is 15.4 Å². The van der Waals surface area contributed by atoms with Crippen LogP contribution in [0.25, 0.3) is 0 Å². The van der Waals surface area contributed by atoms with Gasteiger partial charge in [-0.1, -0.05) is 18.2 Å². The first-order valence-corrected chi connectivity index (χ1v) is 6.22. The van der Waals surface area contributed by atoms with Gasteiger partial charge in [0.05, 0.1) is 7.11 Å². The Morgan fingerprint density at radius 2 is 1.79 bits per heavy atom. The van der Waals surface area contributed by atoms with Crippen LogP contribution in [0.2, 0.25) is 0 Å². The number of nitrogens with zero attached hydrogens (tertiary/aromatic N) is 2. The number of hydrogen-bond acceptors (Lipinski definition) is 4. The van der Waals surface area contributed by atoms with Crippen LogP contribution < -0.4 is 15.4 Å². The molecule has 4 nitrogen and oxygen atoms in total. The van der Waals surface area contributed by atoms with Crippen LogP contribution in [0, 0.1) is 0 Å². The molecule has 2 aromatic rings. The fraction of sp³-hybridized carbons (Fsp3) is 0.267. The molecule has 0 aliphatic rings. The molecule has 0 bridgehead atoms. The van der Waals surface area contributed by atoms with E-state index in [1.165, 1.54) is 5.56 Å². The van der Waals surface area contributed by atoms with Crippen molar-refractivity contribution >= 4 is 5.82 Å². The van der Waals surface area contributed by atoms with Gasteiger partial charge in [0.1, 0.15) is 11.6 Å². The Kier molecular flexibility index (Phi) is 4.36. The Labute approximate surface area is 113 Å².